The second-order valence-corrected chi connectivity index (χ2v) is 4.58. The van der Waals surface area contributed by atoms with Crippen LogP contribution < -0.4 is 0 Å². The molecule has 0 atom stereocenters. The van der Waals surface area contributed by atoms with Crippen LogP contribution in [0.5, 0.6) is 0 Å². The van der Waals surface area contributed by atoms with Crippen LogP contribution in [0.3, 0.4) is 0 Å². The van der Waals surface area contributed by atoms with Crippen LogP contribution >= 0.6 is 47.8 Å². The minimum atomic E-state index is -0.981. The lowest BCUT2D eigenvalue weighted by molar-refractivity contribution is -0.131. The molecule has 0 bridgehead atoms. The van der Waals surface area contributed by atoms with Crippen molar-refractivity contribution in [2.75, 3.05) is 0 Å². The molecule has 0 saturated carbocycles. The fourth-order valence-corrected chi connectivity index (χ4v) is 1.74. The van der Waals surface area contributed by atoms with Gasteiger partial charge in [0.2, 0.25) is 0 Å². The predicted octanol–water partition coefficient (Wildman–Crippen LogP) is 4.23. The second-order valence-electron chi connectivity index (χ2n) is 2.08. The highest BCUT2D eigenvalue weighted by atomic mass is 79.9. The topological polar surface area (TPSA) is 37.3 Å². The van der Waals surface area contributed by atoms with Crippen molar-refractivity contribution in [1.29, 1.82) is 0 Å². The Morgan fingerprint density at radius 1 is 1.29 bits per heavy atom. The number of carboxylic acids is 1. The Morgan fingerprint density at radius 3 is 1.86 bits per heavy atom. The fourth-order valence-electron chi connectivity index (χ4n) is 0.477. The molecule has 0 fully saturated rings. The van der Waals surface area contributed by atoms with Crippen molar-refractivity contribution in [2.45, 2.75) is 0 Å². The molecule has 1 N–H and O–H groups in total. The standard InChI is InChI=1S/C6H3Br3.C3H4O2/c7-4-2-1-3-5(8)6(4)9;1-2-3(4)5/h1-3H;2H,1H2,(H,4,5). The predicted molar refractivity (Wildman–Crippen MR) is 67.4 cm³/mol. The average molecular weight is 387 g/mol. The van der Waals surface area contributed by atoms with Gasteiger partial charge >= 0.3 is 5.97 Å². The summed E-state index contributed by atoms with van der Waals surface area (Å²) in [7, 11) is 0. The van der Waals surface area contributed by atoms with Gasteiger partial charge in [-0.25, -0.2) is 4.79 Å². The third-order valence-electron chi connectivity index (χ3n) is 1.08. The van der Waals surface area contributed by atoms with Crippen LogP contribution in [0.2, 0.25) is 0 Å². The molecule has 0 aliphatic rings. The maximum Gasteiger partial charge on any atom is 0.327 e. The Balaban J connectivity index is 0.000000292. The first-order valence-corrected chi connectivity index (χ1v) is 5.81. The quantitative estimate of drug-likeness (QED) is 0.579. The minimum absolute atomic E-state index is 0.833. The monoisotopic (exact) mass is 384 g/mol. The smallest absolute Gasteiger partial charge is 0.327 e. The van der Waals surface area contributed by atoms with E-state index in [4.69, 9.17) is 5.11 Å². The Morgan fingerprint density at radius 2 is 1.64 bits per heavy atom. The molecular formula is C9H7Br3O2. The molecule has 0 aliphatic carbocycles. The SMILES string of the molecule is Brc1cccc(Br)c1Br.C=CC(=O)O. The molecule has 1 aromatic rings. The molecule has 0 aromatic heterocycles. The number of benzene rings is 1. The zero-order chi connectivity index (χ0) is 11.1. The van der Waals surface area contributed by atoms with Crippen LogP contribution in [-0.4, -0.2) is 11.1 Å². The van der Waals surface area contributed by atoms with Gasteiger partial charge in [0, 0.05) is 19.5 Å². The van der Waals surface area contributed by atoms with E-state index >= 15 is 0 Å². The molecule has 0 amide bonds. The van der Waals surface area contributed by atoms with Crippen molar-refractivity contribution in [1.82, 2.24) is 0 Å². The Bertz CT molecular complexity index is 317. The summed E-state index contributed by atoms with van der Waals surface area (Å²) in [6, 6.07) is 5.93. The summed E-state index contributed by atoms with van der Waals surface area (Å²) in [6.07, 6.45) is 0.833. The maximum atomic E-state index is 9.25. The average Bonchev–Trinajstić information content (AvgIpc) is 2.15. The number of halogens is 3. The van der Waals surface area contributed by atoms with Gasteiger partial charge in [0.25, 0.3) is 0 Å². The Hall–Kier alpha value is -0.130. The Kier molecular flexibility index (Phi) is 7.13. The molecule has 14 heavy (non-hydrogen) atoms. The number of hydrogen-bond donors (Lipinski definition) is 1. The zero-order valence-electron chi connectivity index (χ0n) is 7.01. The van der Waals surface area contributed by atoms with E-state index in [1.54, 1.807) is 0 Å². The first kappa shape index (κ1) is 13.9. The number of aliphatic carboxylic acids is 1. The van der Waals surface area contributed by atoms with Crippen molar-refractivity contribution in [2.24, 2.45) is 0 Å². The molecule has 2 nitrogen and oxygen atoms in total. The largest absolute Gasteiger partial charge is 0.478 e. The van der Waals surface area contributed by atoms with E-state index in [0.717, 1.165) is 19.5 Å². The van der Waals surface area contributed by atoms with Gasteiger partial charge in [-0.2, -0.15) is 0 Å². The first-order valence-electron chi connectivity index (χ1n) is 3.44. The van der Waals surface area contributed by atoms with Gasteiger partial charge in [-0.15, -0.1) is 0 Å². The van der Waals surface area contributed by atoms with Crippen molar-refractivity contribution in [3.05, 3.63) is 44.3 Å². The van der Waals surface area contributed by atoms with E-state index in [2.05, 4.69) is 54.4 Å². The third kappa shape index (κ3) is 5.57. The molecule has 0 spiro atoms. The summed E-state index contributed by atoms with van der Waals surface area (Å²) >= 11 is 10.1. The third-order valence-corrected chi connectivity index (χ3v) is 4.32. The van der Waals surface area contributed by atoms with Crippen molar-refractivity contribution < 1.29 is 9.90 Å². The molecule has 0 aliphatic heterocycles. The van der Waals surface area contributed by atoms with Crippen molar-refractivity contribution in [3.63, 3.8) is 0 Å². The molecule has 1 aromatic carbocycles. The maximum absolute atomic E-state index is 9.25. The molecule has 1 rings (SSSR count). The summed E-state index contributed by atoms with van der Waals surface area (Å²) in [4.78, 5) is 9.25. The number of carbonyl (C=O) groups is 1. The molecular weight excluding hydrogens is 380 g/mol. The molecule has 0 saturated heterocycles. The molecule has 76 valence electrons. The number of hydrogen-bond acceptors (Lipinski definition) is 1. The summed E-state index contributed by atoms with van der Waals surface area (Å²) in [6.45, 7) is 2.96. The van der Waals surface area contributed by atoms with Crippen LogP contribution in [0.15, 0.2) is 44.3 Å². The van der Waals surface area contributed by atoms with Gasteiger partial charge in [0.05, 0.1) is 0 Å². The lowest BCUT2D eigenvalue weighted by atomic mass is 10.4. The van der Waals surface area contributed by atoms with Crippen molar-refractivity contribution >= 4 is 53.8 Å². The van der Waals surface area contributed by atoms with E-state index in [0.29, 0.717) is 0 Å². The van der Waals surface area contributed by atoms with Crippen LogP contribution in [0.1, 0.15) is 0 Å². The van der Waals surface area contributed by atoms with E-state index < -0.39 is 5.97 Å². The van der Waals surface area contributed by atoms with Crippen LogP contribution in [-0.2, 0) is 4.79 Å². The molecule has 0 heterocycles. The van der Waals surface area contributed by atoms with Gasteiger partial charge in [-0.05, 0) is 59.9 Å². The van der Waals surface area contributed by atoms with Gasteiger partial charge < -0.3 is 5.11 Å². The minimum Gasteiger partial charge on any atom is -0.478 e. The lowest BCUT2D eigenvalue weighted by Gasteiger charge is -1.95. The van der Waals surface area contributed by atoms with Gasteiger partial charge in [0.1, 0.15) is 0 Å². The van der Waals surface area contributed by atoms with E-state index in [1.165, 1.54) is 0 Å². The number of rotatable bonds is 1. The highest BCUT2D eigenvalue weighted by molar-refractivity contribution is 9.14. The van der Waals surface area contributed by atoms with E-state index in [9.17, 15) is 4.79 Å². The summed E-state index contributed by atoms with van der Waals surface area (Å²) < 4.78 is 3.19. The van der Waals surface area contributed by atoms with Gasteiger partial charge in [-0.3, -0.25) is 0 Å². The normalized spacial score (nSPS) is 8.50. The van der Waals surface area contributed by atoms with Gasteiger partial charge in [0.15, 0.2) is 0 Å². The van der Waals surface area contributed by atoms with Crippen LogP contribution in [0.25, 0.3) is 0 Å². The fraction of sp³-hybridized carbons (Fsp3) is 0. The van der Waals surface area contributed by atoms with Crippen molar-refractivity contribution in [3.8, 4) is 0 Å². The summed E-state index contributed by atoms with van der Waals surface area (Å²) in [5, 5.41) is 7.60. The second kappa shape index (κ2) is 7.20. The molecule has 0 radical (unpaired) electrons. The highest BCUT2D eigenvalue weighted by Gasteiger charge is 1.97. The van der Waals surface area contributed by atoms with E-state index in [1.807, 2.05) is 18.2 Å². The summed E-state index contributed by atoms with van der Waals surface area (Å²) in [5.41, 5.74) is 0. The highest BCUT2D eigenvalue weighted by Crippen LogP contribution is 2.29. The van der Waals surface area contributed by atoms with Crippen LogP contribution in [0.4, 0.5) is 0 Å². The summed E-state index contributed by atoms with van der Waals surface area (Å²) in [5.74, 6) is -0.981. The zero-order valence-corrected chi connectivity index (χ0v) is 11.8. The van der Waals surface area contributed by atoms with Crippen LogP contribution in [0, 0.1) is 0 Å². The van der Waals surface area contributed by atoms with E-state index in [-0.39, 0.29) is 0 Å². The molecule has 0 unspecified atom stereocenters. The van der Waals surface area contributed by atoms with Gasteiger partial charge in [-0.1, -0.05) is 12.6 Å². The number of carboxylic acid groups (broad SMARTS) is 1. The lowest BCUT2D eigenvalue weighted by Crippen LogP contribution is -1.82. The molecule has 5 heteroatoms. The first-order chi connectivity index (χ1) is 6.49. The Labute approximate surface area is 107 Å².